The first-order valence-electron chi connectivity index (χ1n) is 13.6. The molecule has 0 aromatic heterocycles. The summed E-state index contributed by atoms with van der Waals surface area (Å²) >= 11 is 0. The maximum absolute atomic E-state index is 2.35. The van der Waals surface area contributed by atoms with Crippen molar-refractivity contribution in [3.63, 3.8) is 0 Å². The molecule has 7 aromatic carbocycles. The highest BCUT2D eigenvalue weighted by Gasteiger charge is 2.31. The highest BCUT2D eigenvalue weighted by Crippen LogP contribution is 2.58. The van der Waals surface area contributed by atoms with E-state index >= 15 is 0 Å². The van der Waals surface area contributed by atoms with Crippen molar-refractivity contribution in [1.82, 2.24) is 0 Å². The first-order valence-corrected chi connectivity index (χ1v) is 13.6. The average Bonchev–Trinajstić information content (AvgIpc) is 3.33. The van der Waals surface area contributed by atoms with Crippen LogP contribution in [0.4, 0.5) is 0 Å². The third kappa shape index (κ3) is 3.20. The fraction of sp³-hybridized carbons (Fsp3) is 0. The molecule has 0 fully saturated rings. The third-order valence-electron chi connectivity index (χ3n) is 8.36. The van der Waals surface area contributed by atoms with E-state index < -0.39 is 0 Å². The van der Waals surface area contributed by atoms with Crippen molar-refractivity contribution in [2.24, 2.45) is 0 Å². The van der Waals surface area contributed by atoms with Crippen LogP contribution in [-0.2, 0) is 0 Å². The minimum atomic E-state index is 1.24. The summed E-state index contributed by atoms with van der Waals surface area (Å²) in [6.07, 6.45) is 0. The maximum atomic E-state index is 2.35. The fourth-order valence-corrected chi connectivity index (χ4v) is 6.70. The van der Waals surface area contributed by atoms with Gasteiger partial charge in [0.05, 0.1) is 0 Å². The van der Waals surface area contributed by atoms with Gasteiger partial charge in [0.25, 0.3) is 0 Å². The molecule has 1 heteroatoms. The normalized spacial score (nSPS) is 11.7. The van der Waals surface area contributed by atoms with E-state index in [-0.39, 0.29) is 0 Å². The Balaban J connectivity index is 1.62. The summed E-state index contributed by atoms with van der Waals surface area (Å²) in [6.45, 7) is 0. The Morgan fingerprint density at radius 1 is 0.308 bits per heavy atom. The third-order valence-corrected chi connectivity index (χ3v) is 8.36. The standard InChI is InChI=1S/C38H25B/c39-33-23-22-32-35-30(33)20-11-21-31(35)37-34(25-14-5-2-6-15-25)28-18-9-10-19-29(28)36(38(32)37)27-17-8-7-16-26(27)24-12-3-1-4-13-24/h1-23H,39H2. The molecule has 0 saturated heterocycles. The molecule has 0 nitrogen and oxygen atoms in total. The van der Waals surface area contributed by atoms with Crippen molar-refractivity contribution in [1.29, 1.82) is 0 Å². The van der Waals surface area contributed by atoms with Crippen LogP contribution in [0.1, 0.15) is 0 Å². The van der Waals surface area contributed by atoms with Gasteiger partial charge in [-0.15, -0.1) is 0 Å². The molecule has 180 valence electrons. The number of fused-ring (bicyclic) bond motifs is 4. The van der Waals surface area contributed by atoms with E-state index in [1.807, 2.05) is 0 Å². The molecule has 0 bridgehead atoms. The summed E-state index contributed by atoms with van der Waals surface area (Å²) in [4.78, 5) is 0. The summed E-state index contributed by atoms with van der Waals surface area (Å²) in [7, 11) is 2.23. The number of hydrogen-bond donors (Lipinski definition) is 0. The van der Waals surface area contributed by atoms with Gasteiger partial charge < -0.3 is 0 Å². The molecule has 1 aliphatic rings. The molecule has 8 rings (SSSR count). The number of benzene rings is 7. The van der Waals surface area contributed by atoms with E-state index in [1.165, 1.54) is 82.6 Å². The van der Waals surface area contributed by atoms with Gasteiger partial charge in [-0.2, -0.15) is 0 Å². The molecule has 0 spiro atoms. The Hall–Kier alpha value is -4.88. The minimum Gasteiger partial charge on any atom is -0.0812 e. The summed E-state index contributed by atoms with van der Waals surface area (Å²) in [5.41, 5.74) is 14.4. The van der Waals surface area contributed by atoms with Gasteiger partial charge in [-0.1, -0.05) is 145 Å². The van der Waals surface area contributed by atoms with Crippen LogP contribution in [0.15, 0.2) is 140 Å². The number of rotatable bonds is 3. The highest BCUT2D eigenvalue weighted by molar-refractivity contribution is 6.41. The Morgan fingerprint density at radius 3 is 1.56 bits per heavy atom. The van der Waals surface area contributed by atoms with Crippen molar-refractivity contribution in [2.45, 2.75) is 0 Å². The fourth-order valence-electron chi connectivity index (χ4n) is 6.70. The SMILES string of the molecule is Bc1ccc2c3c(cccc13)-c1c-2c(-c2ccccc2-c2ccccc2)c2ccccc2c1-c1ccccc1. The van der Waals surface area contributed by atoms with Crippen molar-refractivity contribution >= 4 is 34.9 Å². The summed E-state index contributed by atoms with van der Waals surface area (Å²) in [5, 5.41) is 5.30. The van der Waals surface area contributed by atoms with Gasteiger partial charge in [-0.25, -0.2) is 0 Å². The molecule has 0 radical (unpaired) electrons. The second-order valence-electron chi connectivity index (χ2n) is 10.5. The lowest BCUT2D eigenvalue weighted by Gasteiger charge is -2.22. The second kappa shape index (κ2) is 8.58. The van der Waals surface area contributed by atoms with Gasteiger partial charge in [0.1, 0.15) is 7.85 Å². The van der Waals surface area contributed by atoms with E-state index in [2.05, 4.69) is 147 Å². The van der Waals surface area contributed by atoms with E-state index in [1.54, 1.807) is 0 Å². The first kappa shape index (κ1) is 22.1. The van der Waals surface area contributed by atoms with Crippen LogP contribution in [0, 0.1) is 0 Å². The van der Waals surface area contributed by atoms with Gasteiger partial charge in [-0.05, 0) is 77.2 Å². The lowest BCUT2D eigenvalue weighted by Crippen LogP contribution is -2.03. The summed E-state index contributed by atoms with van der Waals surface area (Å²) in [5.74, 6) is 0. The Labute approximate surface area is 229 Å². The topological polar surface area (TPSA) is 0 Å². The predicted molar refractivity (Wildman–Crippen MR) is 170 cm³/mol. The molecule has 0 atom stereocenters. The van der Waals surface area contributed by atoms with Crippen molar-refractivity contribution in [3.05, 3.63) is 140 Å². The highest BCUT2D eigenvalue weighted by atomic mass is 14.3. The Bertz CT molecular complexity index is 2050. The summed E-state index contributed by atoms with van der Waals surface area (Å²) < 4.78 is 0. The molecule has 0 N–H and O–H groups in total. The molecule has 0 heterocycles. The van der Waals surface area contributed by atoms with Gasteiger partial charge in [-0.3, -0.25) is 0 Å². The quantitative estimate of drug-likeness (QED) is 0.216. The van der Waals surface area contributed by atoms with E-state index in [0.717, 1.165) is 0 Å². The van der Waals surface area contributed by atoms with Crippen molar-refractivity contribution in [2.75, 3.05) is 0 Å². The Kier molecular flexibility index (Phi) is 4.87. The van der Waals surface area contributed by atoms with Gasteiger partial charge >= 0.3 is 0 Å². The van der Waals surface area contributed by atoms with Crippen LogP contribution < -0.4 is 5.46 Å². The lowest BCUT2D eigenvalue weighted by atomic mass is 9.81. The van der Waals surface area contributed by atoms with Gasteiger partial charge in [0, 0.05) is 0 Å². The van der Waals surface area contributed by atoms with E-state index in [4.69, 9.17) is 0 Å². The van der Waals surface area contributed by atoms with Crippen molar-refractivity contribution < 1.29 is 0 Å². The van der Waals surface area contributed by atoms with Crippen LogP contribution in [0.5, 0.6) is 0 Å². The average molecular weight is 492 g/mol. The molecular formula is C38H25B. The zero-order valence-electron chi connectivity index (χ0n) is 21.8. The van der Waals surface area contributed by atoms with Crippen LogP contribution in [0.2, 0.25) is 0 Å². The van der Waals surface area contributed by atoms with Gasteiger partial charge in [0.15, 0.2) is 0 Å². The molecular weight excluding hydrogens is 467 g/mol. The monoisotopic (exact) mass is 492 g/mol. The van der Waals surface area contributed by atoms with Gasteiger partial charge in [0.2, 0.25) is 0 Å². The molecule has 39 heavy (non-hydrogen) atoms. The van der Waals surface area contributed by atoms with E-state index in [0.29, 0.717) is 0 Å². The molecule has 0 aliphatic heterocycles. The predicted octanol–water partition coefficient (Wildman–Crippen LogP) is 8.90. The van der Waals surface area contributed by atoms with Crippen molar-refractivity contribution in [3.8, 4) is 55.6 Å². The number of hydrogen-bond acceptors (Lipinski definition) is 0. The van der Waals surface area contributed by atoms with Crippen LogP contribution in [0.3, 0.4) is 0 Å². The zero-order valence-corrected chi connectivity index (χ0v) is 21.8. The first-order chi connectivity index (χ1) is 19.3. The second-order valence-corrected chi connectivity index (χ2v) is 10.5. The molecule has 0 amide bonds. The zero-order chi connectivity index (χ0) is 25.9. The molecule has 7 aromatic rings. The van der Waals surface area contributed by atoms with E-state index in [9.17, 15) is 0 Å². The molecule has 0 unspecified atom stereocenters. The van der Waals surface area contributed by atoms with Crippen LogP contribution in [0.25, 0.3) is 77.2 Å². The Morgan fingerprint density at radius 2 is 0.821 bits per heavy atom. The van der Waals surface area contributed by atoms with Crippen LogP contribution in [-0.4, -0.2) is 7.85 Å². The van der Waals surface area contributed by atoms with Crippen LogP contribution >= 0.6 is 0 Å². The maximum Gasteiger partial charge on any atom is 0.140 e. The minimum absolute atomic E-state index is 1.24. The lowest BCUT2D eigenvalue weighted by molar-refractivity contribution is 1.59. The molecule has 0 saturated carbocycles. The summed E-state index contributed by atoms with van der Waals surface area (Å²) in [6, 6.07) is 51.1. The largest absolute Gasteiger partial charge is 0.140 e. The molecule has 1 aliphatic carbocycles. The smallest absolute Gasteiger partial charge is 0.0812 e.